The third kappa shape index (κ3) is 19.5. The van der Waals surface area contributed by atoms with E-state index >= 15 is 4.79 Å². The van der Waals surface area contributed by atoms with Gasteiger partial charge in [0.1, 0.15) is 170 Å². The number of rotatable bonds is 28. The Balaban J connectivity index is 0.799. The fourth-order valence-electron chi connectivity index (χ4n) is 23.5. The number of carbonyl (C=O) groups is 3. The van der Waals surface area contributed by atoms with E-state index in [2.05, 4.69) is 52.6 Å². The summed E-state index contributed by atoms with van der Waals surface area (Å²) < 4.78 is 104. The van der Waals surface area contributed by atoms with Crippen LogP contribution in [-0.4, -0.2) is 432 Å². The molecular formula is C88H141NO43. The van der Waals surface area contributed by atoms with Crippen molar-refractivity contribution in [2.24, 2.45) is 50.2 Å². The Kier molecular flexibility index (Phi) is 32.7. The number of ether oxygens (including phenoxy) is 17. The van der Waals surface area contributed by atoms with Gasteiger partial charge in [0.05, 0.1) is 81.3 Å². The zero-order valence-electron chi connectivity index (χ0n) is 76.1. The summed E-state index contributed by atoms with van der Waals surface area (Å²) in [5.74, 6) is -4.29. The highest BCUT2D eigenvalue weighted by Gasteiger charge is 2.74. The van der Waals surface area contributed by atoms with E-state index in [1.54, 1.807) is 20.8 Å². The van der Waals surface area contributed by atoms with Crippen molar-refractivity contribution < 1.29 is 212 Å². The molecule has 132 heavy (non-hydrogen) atoms. The van der Waals surface area contributed by atoms with Crippen LogP contribution in [0.1, 0.15) is 147 Å². The van der Waals surface area contributed by atoms with Gasteiger partial charge in [-0.3, -0.25) is 9.59 Å². The molecule has 13 aliphatic rings. The number of amides is 1. The molecule has 5 aliphatic carbocycles. The topological polar surface area (TPSA) is 685 Å². The van der Waals surface area contributed by atoms with Gasteiger partial charge in [0, 0.05) is 18.8 Å². The zero-order valence-corrected chi connectivity index (χ0v) is 76.1. The Bertz CT molecular complexity index is 3980. The van der Waals surface area contributed by atoms with E-state index in [9.17, 15) is 127 Å². The van der Waals surface area contributed by atoms with Crippen LogP contribution in [0.3, 0.4) is 0 Å². The van der Waals surface area contributed by atoms with Crippen molar-refractivity contribution in [2.75, 3.05) is 39.6 Å². The molecule has 8 heterocycles. The number of nitrogens with one attached hydrogen (secondary N) is 1. The van der Waals surface area contributed by atoms with E-state index in [1.165, 1.54) is 39.8 Å². The summed E-state index contributed by atoms with van der Waals surface area (Å²) in [6.07, 6.45) is -61.8. The maximum atomic E-state index is 16.8. The summed E-state index contributed by atoms with van der Waals surface area (Å²) in [5, 5.41) is 259. The number of carbonyl (C=O) groups excluding carboxylic acids is 3. The van der Waals surface area contributed by atoms with Crippen molar-refractivity contribution in [3.05, 3.63) is 36.0 Å². The van der Waals surface area contributed by atoms with Crippen LogP contribution >= 0.6 is 0 Å². The molecule has 44 nitrogen and oxygen atoms in total. The van der Waals surface area contributed by atoms with E-state index in [0.717, 1.165) is 5.57 Å². The van der Waals surface area contributed by atoms with Gasteiger partial charge in [0.15, 0.2) is 50.1 Å². The average molecular weight is 1900 g/mol. The molecule has 0 unspecified atom stereocenters. The molecule has 8 saturated heterocycles. The molecule has 0 spiro atoms. The lowest BCUT2D eigenvalue weighted by molar-refractivity contribution is -0.390. The number of fused-ring (bicyclic) bond motifs is 7. The van der Waals surface area contributed by atoms with Gasteiger partial charge < -0.3 is 203 Å². The van der Waals surface area contributed by atoms with Gasteiger partial charge in [-0.1, -0.05) is 72.3 Å². The number of allylic oxidation sites excluding steroid dienone is 3. The highest BCUT2D eigenvalue weighted by Crippen LogP contribution is 2.76. The van der Waals surface area contributed by atoms with Crippen LogP contribution in [0.2, 0.25) is 0 Å². The van der Waals surface area contributed by atoms with E-state index in [0.29, 0.717) is 32.1 Å². The monoisotopic (exact) mass is 1900 g/mol. The Hall–Kier alpha value is -3.89. The minimum atomic E-state index is -2.28. The average Bonchev–Trinajstić information content (AvgIpc) is 0.700. The van der Waals surface area contributed by atoms with Gasteiger partial charge in [-0.2, -0.15) is 0 Å². The van der Waals surface area contributed by atoms with Crippen molar-refractivity contribution in [3.63, 3.8) is 0 Å². The second-order valence-corrected chi connectivity index (χ2v) is 40.8. The highest BCUT2D eigenvalue weighted by atomic mass is 16.8. The summed E-state index contributed by atoms with van der Waals surface area (Å²) in [7, 11) is 0. The molecule has 0 bridgehead atoms. The van der Waals surface area contributed by atoms with Crippen LogP contribution in [0, 0.1) is 50.2 Å². The number of hydrogen-bond donors (Lipinski definition) is 24. The first-order valence-electron chi connectivity index (χ1n) is 45.7. The van der Waals surface area contributed by atoms with E-state index in [-0.39, 0.29) is 43.1 Å². The highest BCUT2D eigenvalue weighted by molar-refractivity contribution is 5.89. The van der Waals surface area contributed by atoms with Gasteiger partial charge in [-0.25, -0.2) is 4.79 Å². The molecule has 756 valence electrons. The minimum absolute atomic E-state index is 0.0184. The molecule has 24 N–H and O–H groups in total. The lowest BCUT2D eigenvalue weighted by Crippen LogP contribution is -2.70. The molecule has 0 aromatic heterocycles. The van der Waals surface area contributed by atoms with Crippen molar-refractivity contribution >= 4 is 17.8 Å². The van der Waals surface area contributed by atoms with Crippen molar-refractivity contribution in [1.29, 1.82) is 0 Å². The molecule has 4 saturated carbocycles. The third-order valence-corrected chi connectivity index (χ3v) is 31.8. The molecular weight excluding hydrogens is 1760 g/mol. The number of hydrogen-bond acceptors (Lipinski definition) is 43. The smallest absolute Gasteiger partial charge is 0.336 e. The molecule has 44 heteroatoms. The van der Waals surface area contributed by atoms with Crippen LogP contribution in [-0.2, 0) is 94.9 Å². The second kappa shape index (κ2) is 41.0. The van der Waals surface area contributed by atoms with Crippen LogP contribution in [0.25, 0.3) is 0 Å². The largest absolute Gasteiger partial charge is 0.458 e. The maximum Gasteiger partial charge on any atom is 0.336 e. The fraction of sp³-hybridized carbons (Fsp3) is 0.898. The molecule has 1 amide bonds. The summed E-state index contributed by atoms with van der Waals surface area (Å²) in [6.45, 7) is 20.4. The van der Waals surface area contributed by atoms with Crippen LogP contribution in [0.15, 0.2) is 36.0 Å². The van der Waals surface area contributed by atoms with Gasteiger partial charge in [-0.05, 0) is 125 Å². The Morgan fingerprint density at radius 3 is 1.64 bits per heavy atom. The lowest BCUT2D eigenvalue weighted by atomic mass is 9.33. The van der Waals surface area contributed by atoms with Crippen molar-refractivity contribution in [1.82, 2.24) is 5.32 Å². The Morgan fingerprint density at radius 1 is 0.508 bits per heavy atom. The fourth-order valence-corrected chi connectivity index (χ4v) is 23.5. The van der Waals surface area contributed by atoms with Crippen molar-refractivity contribution in [2.45, 2.75) is 405 Å². The summed E-state index contributed by atoms with van der Waals surface area (Å²) >= 11 is 0. The Labute approximate surface area is 763 Å². The van der Waals surface area contributed by atoms with Gasteiger partial charge in [-0.15, -0.1) is 6.58 Å². The van der Waals surface area contributed by atoms with Crippen LogP contribution in [0.5, 0.6) is 0 Å². The first-order chi connectivity index (χ1) is 61.9. The van der Waals surface area contributed by atoms with E-state index < -0.39 is 360 Å². The third-order valence-electron chi connectivity index (χ3n) is 31.8. The summed E-state index contributed by atoms with van der Waals surface area (Å²) in [4.78, 5) is 44.7. The predicted molar refractivity (Wildman–Crippen MR) is 441 cm³/mol. The Morgan fingerprint density at radius 2 is 1.02 bits per heavy atom. The molecule has 0 aromatic carbocycles. The summed E-state index contributed by atoms with van der Waals surface area (Å²) in [6, 6.07) is -1.37. The zero-order chi connectivity index (χ0) is 97.0. The van der Waals surface area contributed by atoms with E-state index in [1.807, 2.05) is 0 Å². The van der Waals surface area contributed by atoms with Crippen molar-refractivity contribution in [3.8, 4) is 0 Å². The number of aliphatic hydroxyl groups is 23. The lowest BCUT2D eigenvalue weighted by Gasteiger charge is -2.72. The minimum Gasteiger partial charge on any atom is -0.458 e. The molecule has 0 radical (unpaired) electrons. The SMILES string of the molecule is C=C[C@](C)(CC/C=C(\CO)C(=O)O[C@H]1C[C@]2(C(=O)O[C@@H]3O[C@H](CO)[C@@H](O)[C@H](O)[C@H]3O[C@@H]3O[C@@H](C)[C@H](O[C@@H]4O[C@@H](CO)[C@H](O)[C@H]4O)[C@@H](O[C@@H]4O[C@H](CO)[C@@H](O)[C@H](O)[C@H]4O)[C@H]3O)[C@H](O)C[C@]3(C)C(=CC[C@@H]4[C@@]5(C)CC[C@H](O[C@@H]6O[C@H](CO[C@@H]7O[C@H](C)[C@H](O)[C@H](O)[C@H]7O[C@@H]7OC[C@@H](O)[C@H](O)[C@H]7O)[C@@H](O)[C@H](O)[C@H]6NC(C)=O)C(C)(C)[C@@H]5CC[C@]43C)[C@@H]2CC1(C)C)O[C@@H]1O[C@H](C)[C@@H](O)[C@H](O)[C@H]1O. The van der Waals surface area contributed by atoms with Gasteiger partial charge >= 0.3 is 11.9 Å². The van der Waals surface area contributed by atoms with Gasteiger partial charge in [0.2, 0.25) is 12.2 Å². The van der Waals surface area contributed by atoms with Gasteiger partial charge in [0.25, 0.3) is 0 Å². The number of esters is 2. The van der Waals surface area contributed by atoms with Crippen LogP contribution < -0.4 is 5.32 Å². The summed E-state index contributed by atoms with van der Waals surface area (Å²) in [5.41, 5.74) is -7.29. The predicted octanol–water partition coefficient (Wildman–Crippen LogP) is -7.11. The molecule has 0 aromatic rings. The van der Waals surface area contributed by atoms with E-state index in [4.69, 9.17) is 80.5 Å². The molecule has 8 aliphatic heterocycles. The molecule has 13 rings (SSSR count). The quantitative estimate of drug-likeness (QED) is 0.0150. The first-order valence-corrected chi connectivity index (χ1v) is 45.7. The standard InChI is InChI=1S/C88H141NO43/c1-14-84(10,132-78-66(112)59(105)51(97)33(2)118-78)21-15-16-37(27-90)72(114)125-49-26-88(81(115)131-80-71(62(108)55(101)42(29-92)123-80)130-77-67(113)69(128-76-65(111)60(106)54(100)41(28-91)121-76)68(35(4)120-77)127-75-64(110)56(102)43(30-93)122-75)39(24-82(49,6)7)38-17-18-46-85(11)22-20-48(83(8,9)45(85)19-23-86(46,12)87(38,13)25-47(88)96)126-73-50(89-36(5)94)58(104)57(103)44(124-73)32-117-79-70(61(107)52(98)34(3)119-79)129-74-63(109)53(99)40(95)31-116-74/h14,16-17,33-35,39-71,73-80,90-93,95-113H,1,15,18-32H2,2-13H3,(H,89,94)/b37-16+/t33-,34-,35+,39+,40-,41-,42-,43+,44-,45+,46-,47-,48+,49+,50-,51-,52+,53+,54-,55-,56+,57-,58-,59+,60+,61+,62+,63-,64-,65-,66-,67-,68+,69+,70-,71-,73+,74+,75+,76+,77+,78+,79-,80+,84-,85+,86-,87-,88-/m1/s1. The van der Waals surface area contributed by atoms with Crippen LogP contribution in [0.4, 0.5) is 0 Å². The molecule has 49 atom stereocenters. The molecule has 12 fully saturated rings. The normalized spacial score (nSPS) is 50.7. The number of aliphatic hydroxyl groups excluding tert-OH is 23. The second-order valence-electron chi connectivity index (χ2n) is 40.8. The maximum absolute atomic E-state index is 16.8. The first kappa shape index (κ1) is 105.